The molecule has 1 aliphatic rings. The molecule has 0 saturated carbocycles. The first kappa shape index (κ1) is 7.60. The van der Waals surface area contributed by atoms with E-state index >= 15 is 0 Å². The number of ether oxygens (including phenoxy) is 1. The lowest BCUT2D eigenvalue weighted by atomic mass is 10.4. The van der Waals surface area contributed by atoms with Crippen LogP contribution in [-0.2, 0) is 4.74 Å². The molecular formula is C8H14OSi. The van der Waals surface area contributed by atoms with Crippen molar-refractivity contribution < 1.29 is 4.74 Å². The Balaban J connectivity index is 2.62. The molecule has 1 atom stereocenters. The van der Waals surface area contributed by atoms with Crippen molar-refractivity contribution in [2.45, 2.75) is 18.6 Å². The van der Waals surface area contributed by atoms with Gasteiger partial charge in [0.15, 0.2) is 0 Å². The molecule has 1 nitrogen and oxygen atoms in total. The molecule has 0 aromatic carbocycles. The van der Waals surface area contributed by atoms with E-state index in [0.717, 1.165) is 5.76 Å². The van der Waals surface area contributed by atoms with Gasteiger partial charge in [-0.15, -0.1) is 0 Å². The third-order valence-electron chi connectivity index (χ3n) is 1.86. The summed E-state index contributed by atoms with van der Waals surface area (Å²) >= 11 is 0. The summed E-state index contributed by atoms with van der Waals surface area (Å²) in [6.07, 6.45) is 6.41. The first-order valence-electron chi connectivity index (χ1n) is 3.68. The molecule has 10 heavy (non-hydrogen) atoms. The lowest BCUT2D eigenvalue weighted by Gasteiger charge is -2.14. The summed E-state index contributed by atoms with van der Waals surface area (Å²) in [6, 6.07) is 0. The van der Waals surface area contributed by atoms with Crippen LogP contribution in [0.5, 0.6) is 0 Å². The maximum Gasteiger partial charge on any atom is 0.0993 e. The second kappa shape index (κ2) is 3.06. The molecule has 0 fully saturated rings. The Bertz CT molecular complexity index is 170. The lowest BCUT2D eigenvalue weighted by molar-refractivity contribution is 0.286. The smallest absolute Gasteiger partial charge is 0.0993 e. The molecule has 1 unspecified atom stereocenters. The second-order valence-electron chi connectivity index (χ2n) is 2.93. The maximum atomic E-state index is 5.22. The van der Waals surface area contributed by atoms with Gasteiger partial charge in [-0.25, -0.2) is 0 Å². The van der Waals surface area contributed by atoms with Crippen molar-refractivity contribution in [1.82, 2.24) is 0 Å². The first-order valence-corrected chi connectivity index (χ1v) is 6.65. The summed E-state index contributed by atoms with van der Waals surface area (Å²) in [7, 11) is 1.17. The Hall–Kier alpha value is -0.503. The van der Waals surface area contributed by atoms with Crippen LogP contribution < -0.4 is 0 Å². The van der Waals surface area contributed by atoms with E-state index in [4.69, 9.17) is 4.74 Å². The summed E-state index contributed by atoms with van der Waals surface area (Å²) in [6.45, 7) is 4.68. The summed E-state index contributed by atoms with van der Waals surface area (Å²) in [5, 5.41) is 0. The van der Waals surface area contributed by atoms with Crippen LogP contribution in [0, 0.1) is 0 Å². The molecule has 2 heteroatoms. The monoisotopic (exact) mass is 154 g/mol. The van der Waals surface area contributed by atoms with Crippen LogP contribution in [0.4, 0.5) is 0 Å². The number of rotatable bonds is 2. The van der Waals surface area contributed by atoms with Crippen molar-refractivity contribution >= 4 is 8.80 Å². The topological polar surface area (TPSA) is 9.23 Å². The zero-order valence-electron chi connectivity index (χ0n) is 6.79. The molecule has 0 aliphatic heterocycles. The van der Waals surface area contributed by atoms with Crippen LogP contribution >= 0.6 is 0 Å². The SMILES string of the molecule is COC1=CC=CC1[SiH](C)C. The Morgan fingerprint density at radius 2 is 2.20 bits per heavy atom. The van der Waals surface area contributed by atoms with Crippen molar-refractivity contribution in [3.8, 4) is 0 Å². The Labute approximate surface area is 64.0 Å². The summed E-state index contributed by atoms with van der Waals surface area (Å²) in [5.41, 5.74) is 0.644. The fourth-order valence-corrected chi connectivity index (χ4v) is 2.71. The molecule has 0 heterocycles. The van der Waals surface area contributed by atoms with E-state index in [-0.39, 0.29) is 0 Å². The average Bonchev–Trinajstić information content (AvgIpc) is 2.33. The van der Waals surface area contributed by atoms with Crippen molar-refractivity contribution in [3.63, 3.8) is 0 Å². The van der Waals surface area contributed by atoms with Gasteiger partial charge in [0.2, 0.25) is 0 Å². The van der Waals surface area contributed by atoms with Crippen molar-refractivity contribution in [2.24, 2.45) is 0 Å². The quantitative estimate of drug-likeness (QED) is 0.552. The van der Waals surface area contributed by atoms with Gasteiger partial charge in [-0.3, -0.25) is 0 Å². The van der Waals surface area contributed by atoms with Crippen molar-refractivity contribution in [1.29, 1.82) is 0 Å². The van der Waals surface area contributed by atoms with Crippen molar-refractivity contribution in [2.75, 3.05) is 7.11 Å². The molecule has 0 aromatic rings. The van der Waals surface area contributed by atoms with Gasteiger partial charge in [-0.2, -0.15) is 0 Å². The minimum atomic E-state index is -0.579. The van der Waals surface area contributed by atoms with Crippen LogP contribution in [0.1, 0.15) is 0 Å². The van der Waals surface area contributed by atoms with Gasteiger partial charge < -0.3 is 4.74 Å². The molecule has 0 radical (unpaired) electrons. The number of hydrogen-bond donors (Lipinski definition) is 0. The van der Waals surface area contributed by atoms with Crippen LogP contribution in [0.3, 0.4) is 0 Å². The van der Waals surface area contributed by atoms with Crippen LogP contribution in [0.2, 0.25) is 18.6 Å². The minimum Gasteiger partial charge on any atom is -0.501 e. The zero-order valence-corrected chi connectivity index (χ0v) is 7.95. The Kier molecular flexibility index (Phi) is 2.32. The highest BCUT2D eigenvalue weighted by Crippen LogP contribution is 2.28. The highest BCUT2D eigenvalue weighted by atomic mass is 28.3. The molecule has 0 amide bonds. The van der Waals surface area contributed by atoms with Crippen LogP contribution in [0.25, 0.3) is 0 Å². The van der Waals surface area contributed by atoms with E-state index in [9.17, 15) is 0 Å². The third-order valence-corrected chi connectivity index (χ3v) is 3.85. The van der Waals surface area contributed by atoms with Crippen molar-refractivity contribution in [3.05, 3.63) is 24.0 Å². The van der Waals surface area contributed by atoms with E-state index in [1.807, 2.05) is 0 Å². The molecule has 0 bridgehead atoms. The Morgan fingerprint density at radius 3 is 2.60 bits per heavy atom. The normalized spacial score (nSPS) is 23.6. The molecule has 1 rings (SSSR count). The molecule has 56 valence electrons. The zero-order chi connectivity index (χ0) is 7.56. The maximum absolute atomic E-state index is 5.22. The Morgan fingerprint density at radius 1 is 1.50 bits per heavy atom. The third kappa shape index (κ3) is 1.32. The number of methoxy groups -OCH3 is 1. The molecule has 1 aliphatic carbocycles. The van der Waals surface area contributed by atoms with E-state index < -0.39 is 8.80 Å². The fourth-order valence-electron chi connectivity index (χ4n) is 1.23. The van der Waals surface area contributed by atoms with Gasteiger partial charge in [-0.05, 0) is 6.08 Å². The van der Waals surface area contributed by atoms with Gasteiger partial charge in [0.25, 0.3) is 0 Å². The van der Waals surface area contributed by atoms with Gasteiger partial charge in [-0.1, -0.05) is 25.2 Å². The number of hydrogen-bond acceptors (Lipinski definition) is 1. The van der Waals surface area contributed by atoms with Gasteiger partial charge in [0.05, 0.1) is 12.9 Å². The summed E-state index contributed by atoms with van der Waals surface area (Å²) < 4.78 is 5.22. The standard InChI is InChI=1S/C8H14OSi/c1-9-7-5-4-6-8(7)10(2)3/h4-6,8,10H,1-3H3. The van der Waals surface area contributed by atoms with E-state index in [2.05, 4.69) is 31.3 Å². The summed E-state index contributed by atoms with van der Waals surface area (Å²) in [4.78, 5) is 0. The van der Waals surface area contributed by atoms with Crippen LogP contribution in [-0.4, -0.2) is 15.9 Å². The van der Waals surface area contributed by atoms with E-state index in [1.54, 1.807) is 7.11 Å². The van der Waals surface area contributed by atoms with Gasteiger partial charge >= 0.3 is 0 Å². The second-order valence-corrected chi connectivity index (χ2v) is 6.13. The largest absolute Gasteiger partial charge is 0.501 e. The molecule has 0 N–H and O–H groups in total. The highest BCUT2D eigenvalue weighted by Gasteiger charge is 2.19. The lowest BCUT2D eigenvalue weighted by Crippen LogP contribution is -2.11. The van der Waals surface area contributed by atoms with E-state index in [0.29, 0.717) is 5.54 Å². The predicted molar refractivity (Wildman–Crippen MR) is 46.9 cm³/mol. The van der Waals surface area contributed by atoms with E-state index in [1.165, 1.54) is 0 Å². The first-order chi connectivity index (χ1) is 4.75. The average molecular weight is 154 g/mol. The molecular weight excluding hydrogens is 140 g/mol. The van der Waals surface area contributed by atoms with Gasteiger partial charge in [0.1, 0.15) is 0 Å². The predicted octanol–water partition coefficient (Wildman–Crippen LogP) is 1.94. The molecule has 0 saturated heterocycles. The summed E-state index contributed by atoms with van der Waals surface area (Å²) in [5.74, 6) is 1.15. The number of allylic oxidation sites excluding steroid dienone is 3. The minimum absolute atomic E-state index is 0.579. The fraction of sp³-hybridized carbons (Fsp3) is 0.500. The molecule has 0 spiro atoms. The van der Waals surface area contributed by atoms with Crippen LogP contribution in [0.15, 0.2) is 24.0 Å². The highest BCUT2D eigenvalue weighted by molar-refractivity contribution is 6.59. The van der Waals surface area contributed by atoms with Gasteiger partial charge in [0, 0.05) is 14.3 Å². The molecule has 0 aromatic heterocycles.